The number of likely N-dealkylation sites (N-methyl/N-ethyl adjacent to an activating group) is 1. The van der Waals surface area contributed by atoms with Crippen molar-refractivity contribution in [1.29, 1.82) is 0 Å². The fourth-order valence-corrected chi connectivity index (χ4v) is 2.05. The summed E-state index contributed by atoms with van der Waals surface area (Å²) in [4.78, 5) is 16.5. The quantitative estimate of drug-likeness (QED) is 0.169. The number of amides is 1. The third-order valence-electron chi connectivity index (χ3n) is 4.36. The number of aliphatic hydroxyl groups excluding tert-OH is 1. The molecule has 0 aliphatic carbocycles. The second-order valence-electron chi connectivity index (χ2n) is 7.35. The Morgan fingerprint density at radius 1 is 1.29 bits per heavy atom. The lowest BCUT2D eigenvalue weighted by atomic mass is 10.0. The number of alkyl halides is 1. The van der Waals surface area contributed by atoms with Crippen LogP contribution in [0.3, 0.4) is 0 Å². The Balaban J connectivity index is -0.000000493. The molecule has 3 N–H and O–H groups in total. The van der Waals surface area contributed by atoms with Crippen molar-refractivity contribution in [3.63, 3.8) is 0 Å². The Labute approximate surface area is 212 Å². The molecule has 0 fully saturated rings. The Kier molecular flexibility index (Phi) is 26.4. The molecule has 7 nitrogen and oxygen atoms in total. The van der Waals surface area contributed by atoms with Gasteiger partial charge in [-0.1, -0.05) is 64.6 Å². The summed E-state index contributed by atoms with van der Waals surface area (Å²) < 4.78 is 5.28. The molecule has 1 aromatic carbocycles. The summed E-state index contributed by atoms with van der Waals surface area (Å²) in [6, 6.07) is 9.91. The molecular formula is C26H48ClN3O4. The number of nitrogens with one attached hydrogen (secondary N) is 1. The maximum absolute atomic E-state index is 10.9. The first kappa shape index (κ1) is 36.8. The van der Waals surface area contributed by atoms with Gasteiger partial charge in [-0.3, -0.25) is 15.1 Å². The van der Waals surface area contributed by atoms with Crippen molar-refractivity contribution in [3.8, 4) is 0 Å². The van der Waals surface area contributed by atoms with Crippen molar-refractivity contribution >= 4 is 29.4 Å². The van der Waals surface area contributed by atoms with Crippen molar-refractivity contribution in [2.75, 3.05) is 39.7 Å². The van der Waals surface area contributed by atoms with Crippen LogP contribution in [-0.2, 0) is 9.53 Å². The number of carbonyl (C=O) groups excluding carboxylic acids is 1. The largest absolute Gasteiger partial charge is 0.389 e. The average molecular weight is 502 g/mol. The van der Waals surface area contributed by atoms with E-state index in [1.165, 1.54) is 18.2 Å². The maximum atomic E-state index is 10.9. The molecule has 1 rings (SSSR count). The molecular weight excluding hydrogens is 454 g/mol. The van der Waals surface area contributed by atoms with Crippen molar-refractivity contribution in [2.24, 2.45) is 4.99 Å². The average Bonchev–Trinajstić information content (AvgIpc) is 2.86. The number of aliphatic imine (C=N–C) groups is 1. The zero-order valence-corrected chi connectivity index (χ0v) is 23.2. The van der Waals surface area contributed by atoms with E-state index in [1.54, 1.807) is 20.2 Å². The molecule has 1 amide bonds. The topological polar surface area (TPSA) is 94.4 Å². The molecule has 0 heterocycles. The second-order valence-corrected chi connectivity index (χ2v) is 7.35. The number of hydrogen-bond acceptors (Lipinski definition) is 6. The summed E-state index contributed by atoms with van der Waals surface area (Å²) in [7, 11) is 1.62. The van der Waals surface area contributed by atoms with Crippen LogP contribution in [0.15, 0.2) is 41.9 Å². The first-order valence-corrected chi connectivity index (χ1v) is 12.5. The molecule has 34 heavy (non-hydrogen) atoms. The highest BCUT2D eigenvalue weighted by molar-refractivity contribution is 6.15. The first-order valence-electron chi connectivity index (χ1n) is 11.7. The van der Waals surface area contributed by atoms with E-state index in [2.05, 4.69) is 35.4 Å². The number of rotatable bonds is 12. The molecule has 0 radical (unpaired) electrons. The second kappa shape index (κ2) is 24.4. The molecule has 0 saturated heterocycles. The molecule has 0 aliphatic rings. The van der Waals surface area contributed by atoms with Gasteiger partial charge in [0.2, 0.25) is 5.91 Å². The van der Waals surface area contributed by atoms with Crippen LogP contribution in [0, 0.1) is 0 Å². The summed E-state index contributed by atoms with van der Waals surface area (Å²) in [5.41, 5.74) is 0.996. The molecule has 198 valence electrons. The first-order chi connectivity index (χ1) is 16.1. The summed E-state index contributed by atoms with van der Waals surface area (Å²) in [6.07, 6.45) is 4.06. The normalized spacial score (nSPS) is 12.6. The predicted molar refractivity (Wildman–Crippen MR) is 146 cm³/mol. The standard InChI is InChI=1S/C13H17NO.C10H22N2O3.C2H6.CH3Cl/c1-3-10-15-11-9-14-12(2)13-7-5-4-6-8-13;1-5-10(3,15)7-11-9(14)6-12(4)8(2)13;2*1-2/h4-9H,2-3,10-11H2,1H3;9,11,14-15H,5-7H2,1-4H3;1-2H3;1H3. The Bertz CT molecular complexity index is 640. The van der Waals surface area contributed by atoms with E-state index in [9.17, 15) is 15.0 Å². The molecule has 0 saturated carbocycles. The minimum absolute atomic E-state index is 0.0990. The number of hydrogen-bond donors (Lipinski definition) is 3. The summed E-state index contributed by atoms with van der Waals surface area (Å²) in [6.45, 7) is 16.8. The Morgan fingerprint density at radius 2 is 1.85 bits per heavy atom. The third kappa shape index (κ3) is 22.0. The van der Waals surface area contributed by atoms with E-state index < -0.39 is 11.8 Å². The zero-order chi connectivity index (χ0) is 27.0. The molecule has 2 unspecified atom stereocenters. The minimum atomic E-state index is -0.824. The fraction of sp³-hybridized carbons (Fsp3) is 0.615. The van der Waals surface area contributed by atoms with E-state index in [-0.39, 0.29) is 12.5 Å². The number of aliphatic hydroxyl groups is 2. The Morgan fingerprint density at radius 3 is 2.32 bits per heavy atom. The van der Waals surface area contributed by atoms with Crippen LogP contribution in [0.1, 0.15) is 59.9 Å². The van der Waals surface area contributed by atoms with Crippen LogP contribution < -0.4 is 5.32 Å². The molecule has 0 aliphatic heterocycles. The van der Waals surface area contributed by atoms with E-state index in [1.807, 2.05) is 51.1 Å². The molecule has 2 atom stereocenters. The van der Waals surface area contributed by atoms with Gasteiger partial charge in [0.05, 0.1) is 24.4 Å². The van der Waals surface area contributed by atoms with E-state index in [0.29, 0.717) is 19.6 Å². The lowest BCUT2D eigenvalue weighted by molar-refractivity contribution is -0.129. The maximum Gasteiger partial charge on any atom is 0.219 e. The van der Waals surface area contributed by atoms with Gasteiger partial charge in [0.25, 0.3) is 0 Å². The van der Waals surface area contributed by atoms with Gasteiger partial charge >= 0.3 is 0 Å². The van der Waals surface area contributed by atoms with Crippen LogP contribution >= 0.6 is 11.6 Å². The predicted octanol–water partition coefficient (Wildman–Crippen LogP) is 4.57. The van der Waals surface area contributed by atoms with Gasteiger partial charge in [0.15, 0.2) is 0 Å². The monoisotopic (exact) mass is 501 g/mol. The Hall–Kier alpha value is -1.77. The van der Waals surface area contributed by atoms with Gasteiger partial charge in [-0.25, -0.2) is 0 Å². The SMILES string of the molecule is C=C(N=CCOCCC)c1ccccc1.CC.CCC(C)(O)CNC(O)CN(C)C(C)=O.CCl. The molecule has 0 spiro atoms. The molecule has 0 bridgehead atoms. The number of halogens is 1. The highest BCUT2D eigenvalue weighted by atomic mass is 35.5. The molecule has 8 heteroatoms. The van der Waals surface area contributed by atoms with Gasteiger partial charge in [-0.05, 0) is 25.3 Å². The van der Waals surface area contributed by atoms with Crippen molar-refractivity contribution < 1.29 is 19.7 Å². The van der Waals surface area contributed by atoms with Gasteiger partial charge in [-0.15, -0.1) is 11.6 Å². The smallest absolute Gasteiger partial charge is 0.219 e. The third-order valence-corrected chi connectivity index (χ3v) is 4.36. The number of benzene rings is 1. The summed E-state index contributed by atoms with van der Waals surface area (Å²) >= 11 is 4.64. The van der Waals surface area contributed by atoms with Crippen molar-refractivity contribution in [2.45, 2.75) is 66.2 Å². The van der Waals surface area contributed by atoms with Crippen LogP contribution in [-0.4, -0.2) is 78.8 Å². The van der Waals surface area contributed by atoms with Crippen LogP contribution in [0.5, 0.6) is 0 Å². The number of nitrogens with zero attached hydrogens (tertiary/aromatic N) is 2. The fourth-order valence-electron chi connectivity index (χ4n) is 2.05. The minimum Gasteiger partial charge on any atom is -0.389 e. The number of carbonyl (C=O) groups is 1. The van der Waals surface area contributed by atoms with Gasteiger partial charge in [0.1, 0.15) is 6.23 Å². The summed E-state index contributed by atoms with van der Waals surface area (Å²) in [5, 5.41) is 21.9. The van der Waals surface area contributed by atoms with Crippen molar-refractivity contribution in [1.82, 2.24) is 10.2 Å². The molecule has 0 aromatic heterocycles. The molecule has 1 aromatic rings. The lowest BCUT2D eigenvalue weighted by Gasteiger charge is -2.26. The van der Waals surface area contributed by atoms with Gasteiger partial charge < -0.3 is 19.8 Å². The van der Waals surface area contributed by atoms with E-state index in [0.717, 1.165) is 24.3 Å². The highest BCUT2D eigenvalue weighted by Gasteiger charge is 2.19. The zero-order valence-electron chi connectivity index (χ0n) is 22.5. The van der Waals surface area contributed by atoms with Crippen LogP contribution in [0.4, 0.5) is 0 Å². The summed E-state index contributed by atoms with van der Waals surface area (Å²) in [5.74, 6) is -0.0990. The number of ether oxygens (including phenoxy) is 1. The van der Waals surface area contributed by atoms with E-state index >= 15 is 0 Å². The van der Waals surface area contributed by atoms with Gasteiger partial charge in [0, 0.05) is 39.7 Å². The lowest BCUT2D eigenvalue weighted by Crippen LogP contribution is -2.47. The van der Waals surface area contributed by atoms with Crippen LogP contribution in [0.2, 0.25) is 0 Å². The highest BCUT2D eigenvalue weighted by Crippen LogP contribution is 2.11. The van der Waals surface area contributed by atoms with Gasteiger partial charge in [-0.2, -0.15) is 0 Å². The van der Waals surface area contributed by atoms with Crippen LogP contribution in [0.25, 0.3) is 5.70 Å². The van der Waals surface area contributed by atoms with Crippen molar-refractivity contribution in [3.05, 3.63) is 42.5 Å². The van der Waals surface area contributed by atoms with E-state index in [4.69, 9.17) is 4.74 Å².